The summed E-state index contributed by atoms with van der Waals surface area (Å²) in [5, 5.41) is 0. The second-order valence-electron chi connectivity index (χ2n) is 2.87. The molecular formula is C9H10BrNS. The Labute approximate surface area is 84.8 Å². The summed E-state index contributed by atoms with van der Waals surface area (Å²) in [6.45, 7) is 3.30. The van der Waals surface area contributed by atoms with Gasteiger partial charge >= 0.3 is 0 Å². The summed E-state index contributed by atoms with van der Waals surface area (Å²) in [5.74, 6) is 0. The second-order valence-corrected chi connectivity index (χ2v) is 5.42. The predicted octanol–water partition coefficient (Wildman–Crippen LogP) is 2.88. The van der Waals surface area contributed by atoms with E-state index in [1.165, 1.54) is 8.66 Å². The lowest BCUT2D eigenvalue weighted by atomic mass is 10.4. The number of hydrogen-bond donors (Lipinski definition) is 0. The molecule has 2 rings (SSSR count). The van der Waals surface area contributed by atoms with Crippen LogP contribution in [0.1, 0.15) is 4.88 Å². The quantitative estimate of drug-likeness (QED) is 0.723. The first-order chi connectivity index (χ1) is 5.84. The molecule has 0 radical (unpaired) electrons. The number of thiophene rings is 1. The molecule has 1 aliphatic rings. The molecule has 1 aromatic rings. The minimum atomic E-state index is 1.09. The van der Waals surface area contributed by atoms with Crippen LogP contribution in [0, 0.1) is 0 Å². The normalized spacial score (nSPS) is 17.4. The average Bonchev–Trinajstić information content (AvgIpc) is 2.63. The van der Waals surface area contributed by atoms with E-state index in [-0.39, 0.29) is 0 Å². The summed E-state index contributed by atoms with van der Waals surface area (Å²) in [4.78, 5) is 3.85. The van der Waals surface area contributed by atoms with E-state index in [2.05, 4.69) is 45.1 Å². The van der Waals surface area contributed by atoms with Gasteiger partial charge in [0, 0.05) is 24.5 Å². The van der Waals surface area contributed by atoms with Crippen LogP contribution >= 0.6 is 27.3 Å². The van der Waals surface area contributed by atoms with Crippen LogP contribution in [0.3, 0.4) is 0 Å². The Hall–Kier alpha value is -0.120. The third kappa shape index (κ3) is 1.97. The van der Waals surface area contributed by atoms with Gasteiger partial charge in [-0.1, -0.05) is 12.2 Å². The molecule has 12 heavy (non-hydrogen) atoms. The van der Waals surface area contributed by atoms with Gasteiger partial charge in [0.2, 0.25) is 0 Å². The monoisotopic (exact) mass is 243 g/mol. The summed E-state index contributed by atoms with van der Waals surface area (Å²) in [6, 6.07) is 4.30. The lowest BCUT2D eigenvalue weighted by molar-refractivity contribution is 0.348. The van der Waals surface area contributed by atoms with Crippen LogP contribution in [0.5, 0.6) is 0 Å². The van der Waals surface area contributed by atoms with Gasteiger partial charge in [-0.25, -0.2) is 0 Å². The van der Waals surface area contributed by atoms with Gasteiger partial charge in [0.05, 0.1) is 3.79 Å². The van der Waals surface area contributed by atoms with E-state index in [1.54, 1.807) is 0 Å². The first-order valence-corrected chi connectivity index (χ1v) is 5.57. The molecule has 0 aromatic carbocycles. The lowest BCUT2D eigenvalue weighted by Gasteiger charge is -2.12. The molecule has 1 aliphatic heterocycles. The summed E-state index contributed by atoms with van der Waals surface area (Å²) in [5.41, 5.74) is 0. The van der Waals surface area contributed by atoms with Crippen molar-refractivity contribution in [2.45, 2.75) is 6.54 Å². The Kier molecular flexibility index (Phi) is 2.63. The van der Waals surface area contributed by atoms with Gasteiger partial charge in [0.15, 0.2) is 0 Å². The van der Waals surface area contributed by atoms with E-state index in [0.29, 0.717) is 0 Å². The van der Waals surface area contributed by atoms with Crippen LogP contribution in [0.15, 0.2) is 28.1 Å². The van der Waals surface area contributed by atoms with E-state index in [0.717, 1.165) is 19.6 Å². The molecule has 0 aliphatic carbocycles. The van der Waals surface area contributed by atoms with Crippen LogP contribution in [-0.2, 0) is 6.54 Å². The second kappa shape index (κ2) is 3.73. The van der Waals surface area contributed by atoms with Gasteiger partial charge < -0.3 is 0 Å². The highest BCUT2D eigenvalue weighted by atomic mass is 79.9. The molecule has 1 aromatic heterocycles. The first kappa shape index (κ1) is 8.48. The van der Waals surface area contributed by atoms with Crippen molar-refractivity contribution >= 4 is 27.3 Å². The highest BCUT2D eigenvalue weighted by Gasteiger charge is 2.07. The van der Waals surface area contributed by atoms with Crippen molar-refractivity contribution in [2.75, 3.05) is 13.1 Å². The van der Waals surface area contributed by atoms with E-state index < -0.39 is 0 Å². The Morgan fingerprint density at radius 2 is 2.08 bits per heavy atom. The standard InChI is InChI=1S/C9H10BrNS/c10-9-4-3-8(12-9)7-11-5-1-2-6-11/h1-4H,5-7H2. The summed E-state index contributed by atoms with van der Waals surface area (Å²) in [6.07, 6.45) is 4.45. The smallest absolute Gasteiger partial charge is 0.0701 e. The number of halogens is 1. The zero-order valence-electron chi connectivity index (χ0n) is 6.66. The maximum Gasteiger partial charge on any atom is 0.0701 e. The van der Waals surface area contributed by atoms with Gasteiger partial charge in [-0.05, 0) is 28.1 Å². The van der Waals surface area contributed by atoms with Crippen LogP contribution in [-0.4, -0.2) is 18.0 Å². The molecule has 0 bridgehead atoms. The maximum atomic E-state index is 3.47. The van der Waals surface area contributed by atoms with Crippen LogP contribution in [0.2, 0.25) is 0 Å². The third-order valence-electron chi connectivity index (χ3n) is 1.90. The number of nitrogens with zero attached hydrogens (tertiary/aromatic N) is 1. The Morgan fingerprint density at radius 3 is 2.67 bits per heavy atom. The summed E-state index contributed by atoms with van der Waals surface area (Å²) < 4.78 is 1.23. The number of hydrogen-bond acceptors (Lipinski definition) is 2. The molecule has 0 amide bonds. The van der Waals surface area contributed by atoms with Crippen LogP contribution in [0.25, 0.3) is 0 Å². The van der Waals surface area contributed by atoms with Crippen molar-refractivity contribution in [1.82, 2.24) is 4.90 Å². The van der Waals surface area contributed by atoms with Crippen molar-refractivity contribution in [2.24, 2.45) is 0 Å². The van der Waals surface area contributed by atoms with Gasteiger partial charge in [-0.15, -0.1) is 11.3 Å². The molecule has 0 atom stereocenters. The van der Waals surface area contributed by atoms with Gasteiger partial charge in [-0.2, -0.15) is 0 Å². The molecule has 2 heterocycles. The van der Waals surface area contributed by atoms with Crippen molar-refractivity contribution in [3.8, 4) is 0 Å². The Bertz CT molecular complexity index is 284. The van der Waals surface area contributed by atoms with Crippen molar-refractivity contribution in [1.29, 1.82) is 0 Å². The predicted molar refractivity (Wildman–Crippen MR) is 56.4 cm³/mol. The fourth-order valence-corrected chi connectivity index (χ4v) is 2.83. The molecular weight excluding hydrogens is 234 g/mol. The fourth-order valence-electron chi connectivity index (χ4n) is 1.31. The molecule has 0 saturated heterocycles. The van der Waals surface area contributed by atoms with Crippen molar-refractivity contribution in [3.63, 3.8) is 0 Å². The molecule has 64 valence electrons. The average molecular weight is 244 g/mol. The lowest BCUT2D eigenvalue weighted by Crippen LogP contribution is -2.18. The fraction of sp³-hybridized carbons (Fsp3) is 0.333. The summed E-state index contributed by atoms with van der Waals surface area (Å²) in [7, 11) is 0. The molecule has 0 fully saturated rings. The van der Waals surface area contributed by atoms with Crippen LogP contribution in [0.4, 0.5) is 0 Å². The SMILES string of the molecule is Brc1ccc(CN2CC=CC2)s1. The highest BCUT2D eigenvalue weighted by molar-refractivity contribution is 9.11. The molecule has 0 saturated carbocycles. The van der Waals surface area contributed by atoms with Gasteiger partial charge in [0.25, 0.3) is 0 Å². The van der Waals surface area contributed by atoms with E-state index in [9.17, 15) is 0 Å². The molecule has 0 N–H and O–H groups in total. The minimum Gasteiger partial charge on any atom is -0.291 e. The third-order valence-corrected chi connectivity index (χ3v) is 3.51. The van der Waals surface area contributed by atoms with E-state index in [4.69, 9.17) is 0 Å². The van der Waals surface area contributed by atoms with Gasteiger partial charge in [-0.3, -0.25) is 4.90 Å². The first-order valence-electron chi connectivity index (χ1n) is 3.96. The number of rotatable bonds is 2. The zero-order valence-corrected chi connectivity index (χ0v) is 9.07. The molecule has 1 nitrogen and oxygen atoms in total. The minimum absolute atomic E-state index is 1.09. The Morgan fingerprint density at radius 1 is 1.33 bits per heavy atom. The van der Waals surface area contributed by atoms with Crippen molar-refractivity contribution in [3.05, 3.63) is 32.9 Å². The summed E-state index contributed by atoms with van der Waals surface area (Å²) >= 11 is 5.29. The largest absolute Gasteiger partial charge is 0.291 e. The van der Waals surface area contributed by atoms with E-state index >= 15 is 0 Å². The maximum absolute atomic E-state index is 3.47. The highest BCUT2D eigenvalue weighted by Crippen LogP contribution is 2.23. The zero-order chi connectivity index (χ0) is 8.39. The van der Waals surface area contributed by atoms with Gasteiger partial charge in [0.1, 0.15) is 0 Å². The molecule has 0 spiro atoms. The molecule has 0 unspecified atom stereocenters. The van der Waals surface area contributed by atoms with Crippen LogP contribution < -0.4 is 0 Å². The topological polar surface area (TPSA) is 3.24 Å². The van der Waals surface area contributed by atoms with Crippen molar-refractivity contribution < 1.29 is 0 Å². The Balaban J connectivity index is 1.95. The van der Waals surface area contributed by atoms with E-state index in [1.807, 2.05) is 11.3 Å². The molecule has 3 heteroatoms.